The summed E-state index contributed by atoms with van der Waals surface area (Å²) in [5.41, 5.74) is 3.38. The van der Waals surface area contributed by atoms with Gasteiger partial charge in [-0.25, -0.2) is 4.98 Å². The van der Waals surface area contributed by atoms with E-state index in [1.807, 2.05) is 55.5 Å². The van der Waals surface area contributed by atoms with E-state index in [1.165, 1.54) is 0 Å². The monoisotopic (exact) mass is 350 g/mol. The highest BCUT2D eigenvalue weighted by atomic mass is 35.5. The average molecular weight is 351 g/mol. The van der Waals surface area contributed by atoms with Crippen molar-refractivity contribution in [2.75, 3.05) is 0 Å². The van der Waals surface area contributed by atoms with Gasteiger partial charge in [-0.2, -0.15) is 0 Å². The Morgan fingerprint density at radius 1 is 1.00 bits per heavy atom. The third-order valence-corrected chi connectivity index (χ3v) is 4.31. The average Bonchev–Trinajstić information content (AvgIpc) is 2.62. The Bertz CT molecular complexity index is 850. The van der Waals surface area contributed by atoms with Gasteiger partial charge in [-0.15, -0.1) is 0 Å². The number of nitrogens with one attached hydrogen (secondary N) is 1. The lowest BCUT2D eigenvalue weighted by Gasteiger charge is -2.20. The largest absolute Gasteiger partial charge is 0.345 e. The molecule has 3 rings (SSSR count). The van der Waals surface area contributed by atoms with Crippen LogP contribution in [0.3, 0.4) is 0 Å². The van der Waals surface area contributed by atoms with E-state index >= 15 is 0 Å². The Morgan fingerprint density at radius 3 is 2.28 bits per heavy atom. The molecule has 0 bridgehead atoms. The molecule has 0 aliphatic heterocycles. The molecule has 0 fully saturated rings. The lowest BCUT2D eigenvalue weighted by Crippen LogP contribution is -2.30. The van der Waals surface area contributed by atoms with Crippen molar-refractivity contribution in [3.8, 4) is 0 Å². The predicted molar refractivity (Wildman–Crippen MR) is 101 cm³/mol. The Balaban J connectivity index is 1.85. The molecule has 0 aliphatic carbocycles. The van der Waals surface area contributed by atoms with E-state index in [9.17, 15) is 4.79 Å². The lowest BCUT2D eigenvalue weighted by molar-refractivity contribution is 0.0936. The highest BCUT2D eigenvalue weighted by molar-refractivity contribution is 6.32. The minimum atomic E-state index is -0.220. The maximum atomic E-state index is 12.7. The van der Waals surface area contributed by atoms with Gasteiger partial charge in [0.25, 0.3) is 5.91 Å². The molecule has 0 spiro atoms. The number of amides is 1. The SMILES string of the molecule is Cc1ccc(C(=O)N[C@H](Cc2ccccc2)c2ccccc2)c(Cl)n1. The Hall–Kier alpha value is -2.65. The standard InChI is InChI=1S/C21H19ClN2O/c1-15-12-13-18(20(22)23-15)21(25)24-19(17-10-6-3-7-11-17)14-16-8-4-2-5-9-16/h2-13,19H,14H2,1H3,(H,24,25)/t19-/m1/s1. The normalized spacial score (nSPS) is 11.8. The van der Waals surface area contributed by atoms with Gasteiger partial charge in [-0.3, -0.25) is 4.79 Å². The van der Waals surface area contributed by atoms with Crippen LogP contribution < -0.4 is 5.32 Å². The van der Waals surface area contributed by atoms with E-state index < -0.39 is 0 Å². The molecule has 3 aromatic rings. The third kappa shape index (κ3) is 4.46. The van der Waals surface area contributed by atoms with E-state index in [2.05, 4.69) is 22.4 Å². The highest BCUT2D eigenvalue weighted by Gasteiger charge is 2.18. The summed E-state index contributed by atoms with van der Waals surface area (Å²) in [5.74, 6) is -0.220. The fourth-order valence-electron chi connectivity index (χ4n) is 2.72. The van der Waals surface area contributed by atoms with Gasteiger partial charge in [0.15, 0.2) is 0 Å². The summed E-state index contributed by atoms with van der Waals surface area (Å²) in [6, 6.07) is 23.4. The fourth-order valence-corrected chi connectivity index (χ4v) is 3.00. The highest BCUT2D eigenvalue weighted by Crippen LogP contribution is 2.21. The van der Waals surface area contributed by atoms with Gasteiger partial charge in [-0.1, -0.05) is 72.3 Å². The summed E-state index contributed by atoms with van der Waals surface area (Å²) in [5, 5.41) is 3.32. The second-order valence-electron chi connectivity index (χ2n) is 5.92. The molecule has 4 heteroatoms. The van der Waals surface area contributed by atoms with Crippen molar-refractivity contribution >= 4 is 17.5 Å². The van der Waals surface area contributed by atoms with Gasteiger partial charge in [-0.05, 0) is 36.6 Å². The number of benzene rings is 2. The van der Waals surface area contributed by atoms with Crippen molar-refractivity contribution in [2.24, 2.45) is 0 Å². The second-order valence-corrected chi connectivity index (χ2v) is 6.28. The van der Waals surface area contributed by atoms with Crippen LogP contribution >= 0.6 is 11.6 Å². The quantitative estimate of drug-likeness (QED) is 0.674. The fraction of sp³-hybridized carbons (Fsp3) is 0.143. The number of rotatable bonds is 5. The number of carbonyl (C=O) groups excluding carboxylic acids is 1. The maximum absolute atomic E-state index is 12.7. The van der Waals surface area contributed by atoms with E-state index in [4.69, 9.17) is 11.6 Å². The van der Waals surface area contributed by atoms with Crippen LogP contribution in [0.2, 0.25) is 5.15 Å². The maximum Gasteiger partial charge on any atom is 0.254 e. The minimum Gasteiger partial charge on any atom is -0.345 e. The molecule has 1 N–H and O–H groups in total. The summed E-state index contributed by atoms with van der Waals surface area (Å²) < 4.78 is 0. The van der Waals surface area contributed by atoms with E-state index in [0.717, 1.165) is 16.8 Å². The Labute approximate surface area is 152 Å². The van der Waals surface area contributed by atoms with Crippen LogP contribution in [0.25, 0.3) is 0 Å². The zero-order chi connectivity index (χ0) is 17.6. The predicted octanol–water partition coefficient (Wildman–Crippen LogP) is 4.76. The van der Waals surface area contributed by atoms with Crippen LogP contribution in [-0.4, -0.2) is 10.9 Å². The molecule has 0 saturated carbocycles. The lowest BCUT2D eigenvalue weighted by atomic mass is 9.98. The molecule has 0 aliphatic rings. The van der Waals surface area contributed by atoms with Crippen molar-refractivity contribution in [3.05, 3.63) is 100 Å². The third-order valence-electron chi connectivity index (χ3n) is 4.02. The molecule has 1 amide bonds. The van der Waals surface area contributed by atoms with Gasteiger partial charge in [0.2, 0.25) is 0 Å². The molecule has 25 heavy (non-hydrogen) atoms. The van der Waals surface area contributed by atoms with E-state index in [-0.39, 0.29) is 17.1 Å². The van der Waals surface area contributed by atoms with Crippen molar-refractivity contribution in [1.29, 1.82) is 0 Å². The summed E-state index contributed by atoms with van der Waals surface area (Å²) in [6.45, 7) is 1.84. The molecule has 2 aromatic carbocycles. The Morgan fingerprint density at radius 2 is 1.64 bits per heavy atom. The number of aromatic nitrogens is 1. The summed E-state index contributed by atoms with van der Waals surface area (Å²) in [6.07, 6.45) is 0.702. The Kier molecular flexibility index (Phi) is 5.46. The molecule has 126 valence electrons. The van der Waals surface area contributed by atoms with Crippen molar-refractivity contribution in [2.45, 2.75) is 19.4 Å². The molecule has 1 heterocycles. The zero-order valence-electron chi connectivity index (χ0n) is 13.9. The zero-order valence-corrected chi connectivity index (χ0v) is 14.7. The number of halogens is 1. The van der Waals surface area contributed by atoms with Crippen molar-refractivity contribution < 1.29 is 4.79 Å². The van der Waals surface area contributed by atoms with Crippen LogP contribution in [0.15, 0.2) is 72.8 Å². The molecule has 0 radical (unpaired) electrons. The summed E-state index contributed by atoms with van der Waals surface area (Å²) in [7, 11) is 0. The molecule has 3 nitrogen and oxygen atoms in total. The first-order valence-corrected chi connectivity index (χ1v) is 8.54. The van der Waals surface area contributed by atoms with Gasteiger partial charge in [0, 0.05) is 5.69 Å². The first-order chi connectivity index (χ1) is 12.1. The molecular weight excluding hydrogens is 332 g/mol. The van der Waals surface area contributed by atoms with Crippen LogP contribution in [-0.2, 0) is 6.42 Å². The number of pyridine rings is 1. The smallest absolute Gasteiger partial charge is 0.254 e. The molecule has 0 saturated heterocycles. The van der Waals surface area contributed by atoms with Gasteiger partial charge < -0.3 is 5.32 Å². The second kappa shape index (κ2) is 7.95. The number of aryl methyl sites for hydroxylation is 1. The molecular formula is C21H19ClN2O. The van der Waals surface area contributed by atoms with Crippen LogP contribution in [0.1, 0.15) is 33.2 Å². The van der Waals surface area contributed by atoms with E-state index in [0.29, 0.717) is 12.0 Å². The van der Waals surface area contributed by atoms with Gasteiger partial charge >= 0.3 is 0 Å². The number of carbonyl (C=O) groups is 1. The summed E-state index contributed by atoms with van der Waals surface area (Å²) in [4.78, 5) is 16.9. The van der Waals surface area contributed by atoms with Crippen LogP contribution in [0.4, 0.5) is 0 Å². The molecule has 1 aromatic heterocycles. The number of hydrogen-bond acceptors (Lipinski definition) is 2. The number of nitrogens with zero attached hydrogens (tertiary/aromatic N) is 1. The first kappa shape index (κ1) is 17.2. The van der Waals surface area contributed by atoms with E-state index in [1.54, 1.807) is 12.1 Å². The summed E-state index contributed by atoms with van der Waals surface area (Å²) >= 11 is 6.14. The van der Waals surface area contributed by atoms with Crippen LogP contribution in [0.5, 0.6) is 0 Å². The topological polar surface area (TPSA) is 42.0 Å². The van der Waals surface area contributed by atoms with Crippen LogP contribution in [0, 0.1) is 6.92 Å². The minimum absolute atomic E-state index is 0.145. The molecule has 1 atom stereocenters. The van der Waals surface area contributed by atoms with Gasteiger partial charge in [0.05, 0.1) is 11.6 Å². The molecule has 0 unspecified atom stereocenters. The van der Waals surface area contributed by atoms with Gasteiger partial charge in [0.1, 0.15) is 5.15 Å². The number of hydrogen-bond donors (Lipinski definition) is 1. The van der Waals surface area contributed by atoms with Crippen molar-refractivity contribution in [1.82, 2.24) is 10.3 Å². The first-order valence-electron chi connectivity index (χ1n) is 8.16. The van der Waals surface area contributed by atoms with Crippen molar-refractivity contribution in [3.63, 3.8) is 0 Å².